The van der Waals surface area contributed by atoms with Crippen LogP contribution in [0.15, 0.2) is 36.5 Å². The molecule has 2 fully saturated rings. The van der Waals surface area contributed by atoms with Crippen LogP contribution in [0.2, 0.25) is 0 Å². The second kappa shape index (κ2) is 17.6. The summed E-state index contributed by atoms with van der Waals surface area (Å²) in [5.74, 6) is 5.23. The van der Waals surface area contributed by atoms with Gasteiger partial charge in [0.1, 0.15) is 0 Å². The zero-order chi connectivity index (χ0) is 31.5. The SMILES string of the molecule is C[C@@H](CCC[C@H](C)C/C=C/C[C@@H](C)/C=C/C[C@@H](C)/C=C/[C@H]1[C@@H](C)C[C@H](O)CC1(C)C)CC[C@H]1[C@@H](C)C[C@H](O)CC1(C)C. The van der Waals surface area contributed by atoms with Crippen LogP contribution in [-0.4, -0.2) is 22.4 Å². The maximum atomic E-state index is 10.2. The molecule has 2 rings (SSSR count). The first-order valence-corrected chi connectivity index (χ1v) is 18.0. The molecule has 0 radical (unpaired) electrons. The van der Waals surface area contributed by atoms with Gasteiger partial charge in [0.2, 0.25) is 0 Å². The highest BCUT2D eigenvalue weighted by atomic mass is 16.3. The molecule has 244 valence electrons. The molecular formula is C40H72O2. The normalized spacial score (nSPS) is 32.9. The molecule has 0 heterocycles. The highest BCUT2D eigenvalue weighted by Crippen LogP contribution is 2.47. The molecule has 0 aromatic carbocycles. The van der Waals surface area contributed by atoms with E-state index in [2.05, 4.69) is 106 Å². The lowest BCUT2D eigenvalue weighted by Crippen LogP contribution is -2.40. The van der Waals surface area contributed by atoms with Gasteiger partial charge in [-0.1, -0.05) is 131 Å². The largest absolute Gasteiger partial charge is 0.393 e. The van der Waals surface area contributed by atoms with Crippen LogP contribution in [0.3, 0.4) is 0 Å². The molecule has 0 aliphatic heterocycles. The molecule has 10 atom stereocenters. The molecule has 2 nitrogen and oxygen atoms in total. The first-order chi connectivity index (χ1) is 19.6. The summed E-state index contributed by atoms with van der Waals surface area (Å²) >= 11 is 0. The van der Waals surface area contributed by atoms with Crippen molar-refractivity contribution in [3.8, 4) is 0 Å². The van der Waals surface area contributed by atoms with Crippen molar-refractivity contribution in [2.45, 2.75) is 158 Å². The van der Waals surface area contributed by atoms with Crippen LogP contribution in [0, 0.1) is 58.2 Å². The predicted molar refractivity (Wildman–Crippen MR) is 184 cm³/mol. The number of rotatable bonds is 16. The number of hydrogen-bond donors (Lipinski definition) is 2. The van der Waals surface area contributed by atoms with E-state index in [1.54, 1.807) is 0 Å². The van der Waals surface area contributed by atoms with Crippen molar-refractivity contribution >= 4 is 0 Å². The fourth-order valence-electron chi connectivity index (χ4n) is 8.68. The second-order valence-corrected chi connectivity index (χ2v) is 16.9. The van der Waals surface area contributed by atoms with E-state index in [1.165, 1.54) is 38.5 Å². The van der Waals surface area contributed by atoms with Crippen LogP contribution in [-0.2, 0) is 0 Å². The van der Waals surface area contributed by atoms with Gasteiger partial charge in [0.15, 0.2) is 0 Å². The Kier molecular flexibility index (Phi) is 15.6. The standard InChI is InChI=1S/C40H72O2/c1-29(17-13-19-31(3)21-23-37-33(5)25-35(41)27-39(37,7)8)15-11-12-16-30(2)18-14-20-32(4)22-24-38-34(6)26-36(42)28-40(38,9)10/h11-13,17,21,23,29-38,41-42H,14-16,18-20,22,24-28H2,1-10H3/b12-11+,17-13+,23-21+/t29-,30-,31-,32+,33+,34+,35+,36+,37+,38+/m1/s1. The fraction of sp³-hybridized carbons (Fsp3) is 0.850. The minimum absolute atomic E-state index is 0.0958. The average molecular weight is 585 g/mol. The molecular weight excluding hydrogens is 512 g/mol. The average Bonchev–Trinajstić information content (AvgIpc) is 2.84. The monoisotopic (exact) mass is 585 g/mol. The lowest BCUT2D eigenvalue weighted by molar-refractivity contribution is -0.0174. The minimum atomic E-state index is -0.135. The summed E-state index contributed by atoms with van der Waals surface area (Å²) < 4.78 is 0. The third kappa shape index (κ3) is 13.0. The smallest absolute Gasteiger partial charge is 0.0548 e. The van der Waals surface area contributed by atoms with Gasteiger partial charge in [-0.2, -0.15) is 0 Å². The van der Waals surface area contributed by atoms with E-state index >= 15 is 0 Å². The Hall–Kier alpha value is -0.860. The van der Waals surface area contributed by atoms with E-state index in [1.807, 2.05) is 0 Å². The Morgan fingerprint density at radius 3 is 1.86 bits per heavy atom. The molecule has 2 saturated carbocycles. The van der Waals surface area contributed by atoms with Crippen molar-refractivity contribution in [3.63, 3.8) is 0 Å². The molecule has 2 N–H and O–H groups in total. The number of aliphatic hydroxyl groups excluding tert-OH is 2. The fourth-order valence-corrected chi connectivity index (χ4v) is 8.68. The maximum absolute atomic E-state index is 10.2. The van der Waals surface area contributed by atoms with E-state index in [0.29, 0.717) is 29.6 Å². The Morgan fingerprint density at radius 1 is 0.667 bits per heavy atom. The number of hydrogen-bond acceptors (Lipinski definition) is 2. The first-order valence-electron chi connectivity index (χ1n) is 18.0. The molecule has 0 amide bonds. The van der Waals surface area contributed by atoms with Crippen molar-refractivity contribution < 1.29 is 10.2 Å². The summed E-state index contributed by atoms with van der Waals surface area (Å²) in [5.41, 5.74) is 0.454. The van der Waals surface area contributed by atoms with Crippen LogP contribution >= 0.6 is 0 Å². The number of aliphatic hydroxyl groups is 2. The molecule has 2 aliphatic rings. The molecule has 0 unspecified atom stereocenters. The predicted octanol–water partition coefficient (Wildman–Crippen LogP) is 11.2. The zero-order valence-corrected chi connectivity index (χ0v) is 29.6. The minimum Gasteiger partial charge on any atom is -0.393 e. The highest BCUT2D eigenvalue weighted by molar-refractivity contribution is 5.04. The van der Waals surface area contributed by atoms with Gasteiger partial charge in [-0.3, -0.25) is 0 Å². The summed E-state index contributed by atoms with van der Waals surface area (Å²) in [7, 11) is 0. The Balaban J connectivity index is 1.59. The van der Waals surface area contributed by atoms with Gasteiger partial charge in [0, 0.05) is 0 Å². The quantitative estimate of drug-likeness (QED) is 0.177. The Labute approximate surface area is 262 Å². The highest BCUT2D eigenvalue weighted by Gasteiger charge is 2.40. The summed E-state index contributed by atoms with van der Waals surface area (Å²) in [6.45, 7) is 23.6. The maximum Gasteiger partial charge on any atom is 0.0548 e. The first kappa shape index (κ1) is 37.3. The van der Waals surface area contributed by atoms with E-state index in [-0.39, 0.29) is 23.0 Å². The molecule has 0 aromatic heterocycles. The molecule has 2 heteroatoms. The number of allylic oxidation sites excluding steroid dienone is 6. The molecule has 0 bridgehead atoms. The lowest BCUT2D eigenvalue weighted by atomic mass is 9.61. The van der Waals surface area contributed by atoms with Gasteiger partial charge in [0.25, 0.3) is 0 Å². The van der Waals surface area contributed by atoms with E-state index < -0.39 is 0 Å². The van der Waals surface area contributed by atoms with Gasteiger partial charge in [-0.15, -0.1) is 0 Å². The van der Waals surface area contributed by atoms with Crippen molar-refractivity contribution in [2.75, 3.05) is 0 Å². The molecule has 0 spiro atoms. The summed E-state index contributed by atoms with van der Waals surface area (Å²) in [6.07, 6.45) is 28.2. The molecule has 0 aromatic rings. The van der Waals surface area contributed by atoms with Crippen LogP contribution < -0.4 is 0 Å². The van der Waals surface area contributed by atoms with Gasteiger partial charge in [-0.05, 0) is 110 Å². The van der Waals surface area contributed by atoms with Crippen LogP contribution in [0.4, 0.5) is 0 Å². The van der Waals surface area contributed by atoms with Gasteiger partial charge in [0.05, 0.1) is 12.2 Å². The Morgan fingerprint density at radius 2 is 1.21 bits per heavy atom. The van der Waals surface area contributed by atoms with Crippen molar-refractivity contribution in [2.24, 2.45) is 58.2 Å². The van der Waals surface area contributed by atoms with Crippen LogP contribution in [0.1, 0.15) is 146 Å². The zero-order valence-electron chi connectivity index (χ0n) is 29.6. The summed E-state index contributed by atoms with van der Waals surface area (Å²) in [6, 6.07) is 0. The van der Waals surface area contributed by atoms with Crippen molar-refractivity contribution in [1.29, 1.82) is 0 Å². The third-order valence-electron chi connectivity index (χ3n) is 11.2. The lowest BCUT2D eigenvalue weighted by Gasteiger charge is -2.45. The van der Waals surface area contributed by atoms with E-state index in [4.69, 9.17) is 0 Å². The second-order valence-electron chi connectivity index (χ2n) is 16.9. The Bertz CT molecular complexity index is 835. The molecule has 0 saturated heterocycles. The van der Waals surface area contributed by atoms with E-state index in [0.717, 1.165) is 56.3 Å². The topological polar surface area (TPSA) is 40.5 Å². The van der Waals surface area contributed by atoms with E-state index in [9.17, 15) is 10.2 Å². The summed E-state index contributed by atoms with van der Waals surface area (Å²) in [4.78, 5) is 0. The molecule has 2 aliphatic carbocycles. The van der Waals surface area contributed by atoms with Crippen molar-refractivity contribution in [3.05, 3.63) is 36.5 Å². The van der Waals surface area contributed by atoms with Crippen molar-refractivity contribution in [1.82, 2.24) is 0 Å². The van der Waals surface area contributed by atoms with Crippen LogP contribution in [0.5, 0.6) is 0 Å². The van der Waals surface area contributed by atoms with Gasteiger partial charge in [-0.25, -0.2) is 0 Å². The third-order valence-corrected chi connectivity index (χ3v) is 11.2. The van der Waals surface area contributed by atoms with Gasteiger partial charge >= 0.3 is 0 Å². The molecule has 42 heavy (non-hydrogen) atoms. The summed E-state index contributed by atoms with van der Waals surface area (Å²) in [5, 5.41) is 20.4. The van der Waals surface area contributed by atoms with Crippen LogP contribution in [0.25, 0.3) is 0 Å². The van der Waals surface area contributed by atoms with Gasteiger partial charge < -0.3 is 10.2 Å².